The lowest BCUT2D eigenvalue weighted by atomic mass is 10.2. The molecule has 1 saturated heterocycles. The monoisotopic (exact) mass is 285 g/mol. The normalized spacial score (nSPS) is 17.9. The van der Waals surface area contributed by atoms with Crippen LogP contribution in [0.2, 0.25) is 5.02 Å². The molecule has 8 heteroatoms. The van der Waals surface area contributed by atoms with Gasteiger partial charge < -0.3 is 9.47 Å². The Morgan fingerprint density at radius 3 is 2.79 bits per heavy atom. The molecule has 0 saturated carbocycles. The van der Waals surface area contributed by atoms with Crippen molar-refractivity contribution in [3.63, 3.8) is 0 Å². The van der Waals surface area contributed by atoms with Gasteiger partial charge in [0.05, 0.1) is 22.1 Å². The van der Waals surface area contributed by atoms with E-state index < -0.39 is 23.0 Å². The van der Waals surface area contributed by atoms with Crippen molar-refractivity contribution in [3.8, 4) is 0 Å². The third-order valence-electron chi connectivity index (χ3n) is 2.52. The molecule has 100 valence electrons. The average Bonchev–Trinajstić information content (AvgIpc) is 2.74. The molecule has 0 unspecified atom stereocenters. The van der Waals surface area contributed by atoms with Gasteiger partial charge in [0.1, 0.15) is 0 Å². The van der Waals surface area contributed by atoms with Crippen LogP contribution in [0.25, 0.3) is 0 Å². The number of non-ortho nitro benzene ring substituents is 1. The summed E-state index contributed by atoms with van der Waals surface area (Å²) in [4.78, 5) is 32.8. The molecule has 0 aliphatic carbocycles. The smallest absolute Gasteiger partial charge is 0.347 e. The summed E-state index contributed by atoms with van der Waals surface area (Å²) in [6, 6.07) is 3.36. The number of esters is 2. The highest BCUT2D eigenvalue weighted by molar-refractivity contribution is 6.33. The van der Waals surface area contributed by atoms with Gasteiger partial charge in [0.25, 0.3) is 5.69 Å². The van der Waals surface area contributed by atoms with Crippen LogP contribution in [0.4, 0.5) is 5.69 Å². The summed E-state index contributed by atoms with van der Waals surface area (Å²) < 4.78 is 9.57. The Morgan fingerprint density at radius 2 is 2.26 bits per heavy atom. The molecule has 2 rings (SSSR count). The highest BCUT2D eigenvalue weighted by Gasteiger charge is 2.31. The minimum absolute atomic E-state index is 0.0352. The van der Waals surface area contributed by atoms with Gasteiger partial charge in [-0.1, -0.05) is 11.6 Å². The van der Waals surface area contributed by atoms with Crippen LogP contribution in [-0.2, 0) is 14.3 Å². The number of cyclic esters (lactones) is 1. The summed E-state index contributed by atoms with van der Waals surface area (Å²) in [6.45, 7) is 0.199. The first-order chi connectivity index (χ1) is 8.99. The van der Waals surface area contributed by atoms with Gasteiger partial charge in [-0.15, -0.1) is 0 Å². The lowest BCUT2D eigenvalue weighted by Crippen LogP contribution is -2.22. The van der Waals surface area contributed by atoms with Crippen LogP contribution < -0.4 is 0 Å². The SMILES string of the molecule is O=C(O[C@H]1CCOC1=O)c1ccc([N+](=O)[O-])cc1Cl. The molecule has 19 heavy (non-hydrogen) atoms. The summed E-state index contributed by atoms with van der Waals surface area (Å²) >= 11 is 5.77. The quantitative estimate of drug-likeness (QED) is 0.476. The third kappa shape index (κ3) is 2.82. The molecule has 0 radical (unpaired) electrons. The maximum absolute atomic E-state index is 11.8. The molecule has 0 N–H and O–H groups in total. The predicted molar refractivity (Wildman–Crippen MR) is 62.9 cm³/mol. The molecule has 1 aliphatic rings. The van der Waals surface area contributed by atoms with Gasteiger partial charge in [0.2, 0.25) is 6.10 Å². The van der Waals surface area contributed by atoms with Crippen molar-refractivity contribution in [2.75, 3.05) is 6.61 Å². The molecule has 0 amide bonds. The zero-order valence-electron chi connectivity index (χ0n) is 9.50. The molecule has 7 nitrogen and oxygen atoms in total. The first-order valence-electron chi connectivity index (χ1n) is 5.30. The van der Waals surface area contributed by atoms with Gasteiger partial charge in [0, 0.05) is 18.6 Å². The molecule has 1 fully saturated rings. The molecule has 0 spiro atoms. The largest absolute Gasteiger partial charge is 0.463 e. The number of rotatable bonds is 3. The molecular formula is C11H8ClNO6. The van der Waals surface area contributed by atoms with E-state index in [1.54, 1.807) is 0 Å². The van der Waals surface area contributed by atoms with Crippen molar-refractivity contribution in [1.82, 2.24) is 0 Å². The second-order valence-electron chi connectivity index (χ2n) is 3.77. The van der Waals surface area contributed by atoms with E-state index in [9.17, 15) is 19.7 Å². The van der Waals surface area contributed by atoms with Crippen molar-refractivity contribution in [2.24, 2.45) is 0 Å². The van der Waals surface area contributed by atoms with Gasteiger partial charge in [-0.25, -0.2) is 9.59 Å². The zero-order valence-corrected chi connectivity index (χ0v) is 10.3. The molecule has 1 aliphatic heterocycles. The number of nitro groups is 1. The lowest BCUT2D eigenvalue weighted by Gasteiger charge is -2.09. The van der Waals surface area contributed by atoms with Crippen LogP contribution in [-0.4, -0.2) is 29.6 Å². The number of nitrogens with zero attached hydrogens (tertiary/aromatic N) is 1. The average molecular weight is 286 g/mol. The Morgan fingerprint density at radius 1 is 1.53 bits per heavy atom. The molecular weight excluding hydrogens is 278 g/mol. The van der Waals surface area contributed by atoms with Crippen molar-refractivity contribution < 1.29 is 24.0 Å². The van der Waals surface area contributed by atoms with Crippen LogP contribution >= 0.6 is 11.6 Å². The van der Waals surface area contributed by atoms with E-state index in [4.69, 9.17) is 16.3 Å². The highest BCUT2D eigenvalue weighted by Crippen LogP contribution is 2.24. The van der Waals surface area contributed by atoms with Crippen molar-refractivity contribution in [1.29, 1.82) is 0 Å². The zero-order chi connectivity index (χ0) is 14.0. The summed E-state index contributed by atoms with van der Waals surface area (Å²) in [5.74, 6) is -1.42. The molecule has 0 bridgehead atoms. The summed E-state index contributed by atoms with van der Waals surface area (Å²) in [5, 5.41) is 10.4. The van der Waals surface area contributed by atoms with Gasteiger partial charge in [-0.3, -0.25) is 10.1 Å². The molecule has 0 aromatic heterocycles. The van der Waals surface area contributed by atoms with Crippen molar-refractivity contribution in [2.45, 2.75) is 12.5 Å². The summed E-state index contributed by atoms with van der Waals surface area (Å²) in [5.41, 5.74) is -0.270. The predicted octanol–water partition coefficient (Wildman–Crippen LogP) is 1.72. The van der Waals surface area contributed by atoms with Crippen LogP contribution in [0.1, 0.15) is 16.8 Å². The Balaban J connectivity index is 2.15. The number of hydrogen-bond donors (Lipinski definition) is 0. The number of hydrogen-bond acceptors (Lipinski definition) is 6. The van der Waals surface area contributed by atoms with Gasteiger partial charge in [0.15, 0.2) is 0 Å². The fraction of sp³-hybridized carbons (Fsp3) is 0.273. The number of benzene rings is 1. The fourth-order valence-electron chi connectivity index (χ4n) is 1.56. The second kappa shape index (κ2) is 5.23. The molecule has 1 heterocycles. The number of carbonyl (C=O) groups excluding carboxylic acids is 2. The first-order valence-corrected chi connectivity index (χ1v) is 5.68. The number of halogens is 1. The maximum Gasteiger partial charge on any atom is 0.347 e. The minimum atomic E-state index is -0.946. The Hall–Kier alpha value is -2.15. The van der Waals surface area contributed by atoms with Gasteiger partial charge >= 0.3 is 11.9 Å². The number of carbonyl (C=O) groups is 2. The van der Waals surface area contributed by atoms with E-state index in [0.29, 0.717) is 0 Å². The van der Waals surface area contributed by atoms with E-state index in [1.807, 2.05) is 0 Å². The lowest BCUT2D eigenvalue weighted by molar-refractivity contribution is -0.384. The standard InChI is InChI=1S/C11H8ClNO6/c12-8-5-6(13(16)17)1-2-7(8)10(14)19-9-3-4-18-11(9)15/h1-2,5,9H,3-4H2/t9-/m0/s1. The van der Waals surface area contributed by atoms with Crippen molar-refractivity contribution in [3.05, 3.63) is 38.9 Å². The second-order valence-corrected chi connectivity index (χ2v) is 4.18. The highest BCUT2D eigenvalue weighted by atomic mass is 35.5. The van der Waals surface area contributed by atoms with E-state index in [-0.39, 0.29) is 29.3 Å². The van der Waals surface area contributed by atoms with Crippen LogP contribution in [0.15, 0.2) is 18.2 Å². The van der Waals surface area contributed by atoms with Crippen LogP contribution in [0.5, 0.6) is 0 Å². The van der Waals surface area contributed by atoms with Gasteiger partial charge in [-0.2, -0.15) is 0 Å². The summed E-state index contributed by atoms with van der Waals surface area (Å²) in [6.07, 6.45) is -0.659. The third-order valence-corrected chi connectivity index (χ3v) is 2.83. The Labute approximate surface area is 112 Å². The van der Waals surface area contributed by atoms with Gasteiger partial charge in [-0.05, 0) is 6.07 Å². The van der Waals surface area contributed by atoms with E-state index in [2.05, 4.69) is 4.74 Å². The van der Waals surface area contributed by atoms with Crippen molar-refractivity contribution >= 4 is 29.2 Å². The Bertz CT molecular complexity index is 558. The molecule has 1 aromatic carbocycles. The van der Waals surface area contributed by atoms with E-state index >= 15 is 0 Å². The number of ether oxygens (including phenoxy) is 2. The minimum Gasteiger partial charge on any atom is -0.463 e. The van der Waals surface area contributed by atoms with Crippen LogP contribution in [0.3, 0.4) is 0 Å². The maximum atomic E-state index is 11.8. The number of nitro benzene ring substituents is 1. The van der Waals surface area contributed by atoms with E-state index in [1.165, 1.54) is 6.07 Å². The molecule has 1 aromatic rings. The Kier molecular flexibility index (Phi) is 3.66. The molecule has 1 atom stereocenters. The van der Waals surface area contributed by atoms with E-state index in [0.717, 1.165) is 12.1 Å². The fourth-order valence-corrected chi connectivity index (χ4v) is 1.81. The van der Waals surface area contributed by atoms with Crippen LogP contribution in [0, 0.1) is 10.1 Å². The summed E-state index contributed by atoms with van der Waals surface area (Å²) in [7, 11) is 0. The topological polar surface area (TPSA) is 95.7 Å². The first kappa shape index (κ1) is 13.3.